The summed E-state index contributed by atoms with van der Waals surface area (Å²) in [6.07, 6.45) is 2.63. The van der Waals surface area contributed by atoms with Crippen LogP contribution in [0.4, 0.5) is 0 Å². The lowest BCUT2D eigenvalue weighted by molar-refractivity contribution is -0.117. The second-order valence-corrected chi connectivity index (χ2v) is 8.51. The normalized spacial score (nSPS) is 12.8. The number of nitrogens with one attached hydrogen (secondary N) is 2. The first-order chi connectivity index (χ1) is 17.8. The third kappa shape index (κ3) is 6.47. The van der Waals surface area contributed by atoms with Crippen LogP contribution in [0.25, 0.3) is 0 Å². The zero-order chi connectivity index (χ0) is 26.8. The number of amides is 1. The van der Waals surface area contributed by atoms with Crippen molar-refractivity contribution in [3.05, 3.63) is 118 Å². The van der Waals surface area contributed by atoms with E-state index in [1.807, 2.05) is 31.2 Å². The highest BCUT2D eigenvalue weighted by Gasteiger charge is 2.28. The average Bonchev–Trinajstić information content (AvgIpc) is 2.94. The fourth-order valence-electron chi connectivity index (χ4n) is 3.63. The summed E-state index contributed by atoms with van der Waals surface area (Å²) in [6, 6.07) is 26.1. The fourth-order valence-corrected chi connectivity index (χ4v) is 3.63. The zero-order valence-electron chi connectivity index (χ0n) is 20.4. The number of rotatable bonds is 9. The lowest BCUT2D eigenvalue weighted by Crippen LogP contribution is -2.25. The third-order valence-electron chi connectivity index (χ3n) is 6.01. The molecule has 3 rings (SSSR count). The van der Waals surface area contributed by atoms with Crippen LogP contribution in [0.15, 0.2) is 89.6 Å². The second kappa shape index (κ2) is 12.0. The van der Waals surface area contributed by atoms with Crippen LogP contribution in [-0.4, -0.2) is 18.0 Å². The molecule has 0 aliphatic rings. The molecular formula is C29H27N7O. The molecule has 3 aromatic carbocycles. The summed E-state index contributed by atoms with van der Waals surface area (Å²) in [7, 11) is 0. The van der Waals surface area contributed by atoms with Gasteiger partial charge < -0.3 is 16.8 Å². The van der Waals surface area contributed by atoms with Crippen molar-refractivity contribution in [2.45, 2.75) is 25.4 Å². The molecule has 0 radical (unpaired) electrons. The maximum absolute atomic E-state index is 12.5. The standard InChI is InChI=1S/C29H27N7O/c1-29(19-32,25-10-4-20(14-30)5-11-25)26-12-6-21(7-13-26)16-35-18-24(15-31)28(37)36-17-22-2-8-23(9-3-22)27(33)34/h2-13,15,18H,16-17,31H2,1H3,(H3,33,34)(H,36,37)/b24-15+,35-18?. The summed E-state index contributed by atoms with van der Waals surface area (Å²) in [4.78, 5) is 16.8. The minimum atomic E-state index is -0.865. The Balaban J connectivity index is 1.60. The van der Waals surface area contributed by atoms with Crippen LogP contribution >= 0.6 is 0 Å². The fraction of sp³-hybridized carbons (Fsp3) is 0.138. The van der Waals surface area contributed by atoms with Gasteiger partial charge in [0.15, 0.2) is 0 Å². The van der Waals surface area contributed by atoms with Crippen LogP contribution in [-0.2, 0) is 23.3 Å². The van der Waals surface area contributed by atoms with Gasteiger partial charge >= 0.3 is 0 Å². The Labute approximate surface area is 216 Å². The number of nitrogens with zero attached hydrogens (tertiary/aromatic N) is 3. The molecule has 3 aromatic rings. The smallest absolute Gasteiger partial charge is 0.254 e. The van der Waals surface area contributed by atoms with Crippen LogP contribution in [0.1, 0.15) is 40.3 Å². The number of amidine groups is 1. The van der Waals surface area contributed by atoms with Gasteiger partial charge in [-0.3, -0.25) is 15.2 Å². The molecule has 0 bridgehead atoms. The van der Waals surface area contributed by atoms with E-state index in [0.717, 1.165) is 22.3 Å². The summed E-state index contributed by atoms with van der Waals surface area (Å²) >= 11 is 0. The molecule has 184 valence electrons. The van der Waals surface area contributed by atoms with E-state index in [2.05, 4.69) is 22.4 Å². The van der Waals surface area contributed by atoms with Gasteiger partial charge in [0.1, 0.15) is 11.3 Å². The molecule has 1 amide bonds. The molecule has 0 fully saturated rings. The van der Waals surface area contributed by atoms with Gasteiger partial charge in [-0.2, -0.15) is 10.5 Å². The number of nitriles is 2. The number of nitrogen functional groups attached to an aromatic ring is 1. The van der Waals surface area contributed by atoms with Crippen molar-refractivity contribution in [3.63, 3.8) is 0 Å². The number of benzene rings is 3. The van der Waals surface area contributed by atoms with Crippen LogP contribution in [0.5, 0.6) is 0 Å². The summed E-state index contributed by atoms with van der Waals surface area (Å²) in [6.45, 7) is 2.47. The second-order valence-electron chi connectivity index (χ2n) is 8.51. The largest absolute Gasteiger partial charge is 0.404 e. The zero-order valence-corrected chi connectivity index (χ0v) is 20.4. The highest BCUT2D eigenvalue weighted by atomic mass is 16.1. The predicted molar refractivity (Wildman–Crippen MR) is 143 cm³/mol. The van der Waals surface area contributed by atoms with Crippen LogP contribution in [0.2, 0.25) is 0 Å². The Morgan fingerprint density at radius 3 is 2.08 bits per heavy atom. The molecule has 1 unspecified atom stereocenters. The lowest BCUT2D eigenvalue weighted by Gasteiger charge is -2.23. The average molecular weight is 490 g/mol. The Kier molecular flexibility index (Phi) is 8.54. The van der Waals surface area contributed by atoms with Gasteiger partial charge in [-0.05, 0) is 41.3 Å². The maximum Gasteiger partial charge on any atom is 0.254 e. The number of hydrogen-bond acceptors (Lipinski definition) is 6. The van der Waals surface area contributed by atoms with Crippen LogP contribution < -0.4 is 16.8 Å². The van der Waals surface area contributed by atoms with E-state index in [4.69, 9.17) is 22.1 Å². The first-order valence-electron chi connectivity index (χ1n) is 11.4. The lowest BCUT2D eigenvalue weighted by atomic mass is 9.77. The molecule has 0 aromatic heterocycles. The first-order valence-corrected chi connectivity index (χ1v) is 11.4. The number of nitrogens with two attached hydrogens (primary N) is 2. The number of carbonyl (C=O) groups is 1. The monoisotopic (exact) mass is 489 g/mol. The van der Waals surface area contributed by atoms with Crippen molar-refractivity contribution in [2.24, 2.45) is 16.5 Å². The Morgan fingerprint density at radius 1 is 1.00 bits per heavy atom. The van der Waals surface area contributed by atoms with E-state index < -0.39 is 5.41 Å². The molecule has 6 N–H and O–H groups in total. The molecule has 0 spiro atoms. The molecule has 0 heterocycles. The topological polar surface area (TPSA) is 165 Å². The first kappa shape index (κ1) is 26.4. The van der Waals surface area contributed by atoms with E-state index in [-0.39, 0.29) is 17.3 Å². The molecule has 0 aliphatic heterocycles. The molecule has 1 atom stereocenters. The Bertz CT molecular complexity index is 1410. The van der Waals surface area contributed by atoms with Crippen molar-refractivity contribution in [1.29, 1.82) is 15.9 Å². The van der Waals surface area contributed by atoms with E-state index in [0.29, 0.717) is 24.2 Å². The molecule has 0 aliphatic carbocycles. The van der Waals surface area contributed by atoms with Crippen molar-refractivity contribution < 1.29 is 4.79 Å². The quantitative estimate of drug-likeness (QED) is 0.205. The van der Waals surface area contributed by atoms with E-state index in [1.165, 1.54) is 12.4 Å². The number of carbonyl (C=O) groups excluding carboxylic acids is 1. The van der Waals surface area contributed by atoms with E-state index in [1.54, 1.807) is 48.5 Å². The summed E-state index contributed by atoms with van der Waals surface area (Å²) in [5.41, 5.74) is 15.0. The summed E-state index contributed by atoms with van der Waals surface area (Å²) in [5.74, 6) is -0.371. The number of hydrogen-bond donors (Lipinski definition) is 4. The van der Waals surface area contributed by atoms with E-state index in [9.17, 15) is 10.1 Å². The SMILES string of the molecule is CC(C#N)(c1ccc(C#N)cc1)c1ccc(CN=C/C(=C\N)C(=O)NCc2ccc(C(=N)N)cc2)cc1. The number of aliphatic imine (C=N–C) groups is 1. The minimum absolute atomic E-state index is 0.0137. The molecule has 8 nitrogen and oxygen atoms in total. The van der Waals surface area contributed by atoms with Crippen molar-refractivity contribution in [1.82, 2.24) is 5.32 Å². The van der Waals surface area contributed by atoms with Crippen LogP contribution in [0, 0.1) is 28.1 Å². The summed E-state index contributed by atoms with van der Waals surface area (Å²) < 4.78 is 0. The Hall–Kier alpha value is -5.21. The van der Waals surface area contributed by atoms with Crippen molar-refractivity contribution in [3.8, 4) is 12.1 Å². The van der Waals surface area contributed by atoms with Gasteiger partial charge in [-0.25, -0.2) is 0 Å². The van der Waals surface area contributed by atoms with Gasteiger partial charge in [0, 0.05) is 24.5 Å². The summed E-state index contributed by atoms with van der Waals surface area (Å²) in [5, 5.41) is 29.1. The van der Waals surface area contributed by atoms with E-state index >= 15 is 0 Å². The predicted octanol–water partition coefficient (Wildman–Crippen LogP) is 3.40. The van der Waals surface area contributed by atoms with Gasteiger partial charge in [0.2, 0.25) is 0 Å². The maximum atomic E-state index is 12.5. The highest BCUT2D eigenvalue weighted by Crippen LogP contribution is 2.31. The van der Waals surface area contributed by atoms with Gasteiger partial charge in [0.25, 0.3) is 5.91 Å². The van der Waals surface area contributed by atoms with Gasteiger partial charge in [0.05, 0.1) is 29.8 Å². The molecular weight excluding hydrogens is 462 g/mol. The van der Waals surface area contributed by atoms with Gasteiger partial charge in [-0.15, -0.1) is 0 Å². The Morgan fingerprint density at radius 2 is 1.57 bits per heavy atom. The van der Waals surface area contributed by atoms with Crippen molar-refractivity contribution >= 4 is 18.0 Å². The molecule has 0 saturated carbocycles. The minimum Gasteiger partial charge on any atom is -0.404 e. The molecule has 8 heteroatoms. The molecule has 37 heavy (non-hydrogen) atoms. The van der Waals surface area contributed by atoms with Crippen molar-refractivity contribution in [2.75, 3.05) is 0 Å². The van der Waals surface area contributed by atoms with Gasteiger partial charge in [-0.1, -0.05) is 60.7 Å². The highest BCUT2D eigenvalue weighted by molar-refractivity contribution is 6.12. The molecule has 0 saturated heterocycles. The van der Waals surface area contributed by atoms with Crippen LogP contribution in [0.3, 0.4) is 0 Å². The third-order valence-corrected chi connectivity index (χ3v) is 6.01.